The van der Waals surface area contributed by atoms with Crippen LogP contribution in [0.25, 0.3) is 0 Å². The van der Waals surface area contributed by atoms with Gasteiger partial charge in [-0.15, -0.1) is 0 Å². The van der Waals surface area contributed by atoms with Crippen molar-refractivity contribution < 1.29 is 10.0 Å². The molecule has 0 bridgehead atoms. The van der Waals surface area contributed by atoms with Crippen molar-refractivity contribution in [2.75, 3.05) is 0 Å². The van der Waals surface area contributed by atoms with Gasteiger partial charge in [-0.2, -0.15) is 0 Å². The van der Waals surface area contributed by atoms with E-state index in [1.54, 1.807) is 6.07 Å². The van der Waals surface area contributed by atoms with Crippen molar-refractivity contribution in [3.05, 3.63) is 80.3 Å². The zero-order chi connectivity index (χ0) is 15.6. The van der Waals surface area contributed by atoms with Crippen molar-refractivity contribution >= 4 is 21.6 Å². The maximum atomic E-state index is 11.1. The van der Waals surface area contributed by atoms with E-state index in [0.29, 0.717) is 10.0 Å². The van der Waals surface area contributed by atoms with E-state index in [9.17, 15) is 15.2 Å². The number of rotatable bonds is 4. The minimum absolute atomic E-state index is 0.303. The van der Waals surface area contributed by atoms with Gasteiger partial charge < -0.3 is 5.11 Å². The van der Waals surface area contributed by atoms with E-state index < -0.39 is 4.92 Å². The highest BCUT2D eigenvalue weighted by Crippen LogP contribution is 2.42. The van der Waals surface area contributed by atoms with Crippen molar-refractivity contribution in [2.45, 2.75) is 12.8 Å². The topological polar surface area (TPSA) is 63.4 Å². The van der Waals surface area contributed by atoms with Crippen LogP contribution >= 0.6 is 15.9 Å². The van der Waals surface area contributed by atoms with Gasteiger partial charge in [0.25, 0.3) is 0 Å². The Morgan fingerprint density at radius 1 is 1.33 bits per heavy atom. The number of phenolic OH excluding ortho intramolecular Hbond substituents is 1. The molecular formula is C16H14BrNO3. The number of nitro benzene ring substituents is 1. The Morgan fingerprint density at radius 3 is 2.48 bits per heavy atom. The molecule has 0 saturated carbocycles. The van der Waals surface area contributed by atoms with Crippen LogP contribution in [0, 0.1) is 10.1 Å². The Kier molecular flexibility index (Phi) is 4.43. The predicted molar refractivity (Wildman–Crippen MR) is 85.6 cm³/mol. The van der Waals surface area contributed by atoms with E-state index in [1.807, 2.05) is 37.3 Å². The second kappa shape index (κ2) is 6.10. The van der Waals surface area contributed by atoms with Crippen LogP contribution in [0.2, 0.25) is 0 Å². The first-order chi connectivity index (χ1) is 9.91. The molecule has 2 aromatic carbocycles. The van der Waals surface area contributed by atoms with Gasteiger partial charge in [-0.3, -0.25) is 10.1 Å². The fourth-order valence-electron chi connectivity index (χ4n) is 2.34. The molecule has 4 nitrogen and oxygen atoms in total. The molecule has 2 rings (SSSR count). The first kappa shape index (κ1) is 15.3. The van der Waals surface area contributed by atoms with E-state index >= 15 is 0 Å². The maximum absolute atomic E-state index is 11.1. The minimum atomic E-state index is -0.593. The molecule has 0 aliphatic rings. The van der Waals surface area contributed by atoms with Crippen LogP contribution in [-0.4, -0.2) is 10.0 Å². The summed E-state index contributed by atoms with van der Waals surface area (Å²) < 4.78 is 0.546. The number of aromatic hydroxyl groups is 1. The predicted octanol–water partition coefficient (Wildman–Crippen LogP) is 4.77. The molecule has 21 heavy (non-hydrogen) atoms. The van der Waals surface area contributed by atoms with Crippen molar-refractivity contribution in [3.8, 4) is 5.75 Å². The SMILES string of the molecule is C=C(C)C(c1ccccc1)c1cc(Br)cc([N+](=O)[O-])c1O. The molecular weight excluding hydrogens is 334 g/mol. The summed E-state index contributed by atoms with van der Waals surface area (Å²) in [5.74, 6) is -0.623. The average Bonchev–Trinajstić information content (AvgIpc) is 2.43. The lowest BCUT2D eigenvalue weighted by atomic mass is 9.85. The van der Waals surface area contributed by atoms with Gasteiger partial charge in [-0.05, 0) is 18.6 Å². The molecule has 0 radical (unpaired) electrons. The molecule has 108 valence electrons. The maximum Gasteiger partial charge on any atom is 0.312 e. The summed E-state index contributed by atoms with van der Waals surface area (Å²) in [6.45, 7) is 5.79. The molecule has 0 aliphatic heterocycles. The summed E-state index contributed by atoms with van der Waals surface area (Å²) in [5.41, 5.74) is 1.87. The van der Waals surface area contributed by atoms with Gasteiger partial charge in [0.05, 0.1) is 4.92 Å². The Bertz CT molecular complexity index is 698. The average molecular weight is 348 g/mol. The number of phenols is 1. The summed E-state index contributed by atoms with van der Waals surface area (Å²) >= 11 is 3.26. The van der Waals surface area contributed by atoms with Gasteiger partial charge in [-0.25, -0.2) is 0 Å². The monoisotopic (exact) mass is 347 g/mol. The van der Waals surface area contributed by atoms with Crippen molar-refractivity contribution in [3.63, 3.8) is 0 Å². The lowest BCUT2D eigenvalue weighted by Gasteiger charge is -2.19. The van der Waals surface area contributed by atoms with Crippen LogP contribution in [0.5, 0.6) is 5.75 Å². The lowest BCUT2D eigenvalue weighted by molar-refractivity contribution is -0.386. The number of nitro groups is 1. The molecule has 0 aliphatic carbocycles. The molecule has 2 aromatic rings. The number of allylic oxidation sites excluding steroid dienone is 1. The molecule has 1 atom stereocenters. The van der Waals surface area contributed by atoms with Gasteiger partial charge in [-0.1, -0.05) is 58.4 Å². The summed E-state index contributed by atoms with van der Waals surface area (Å²) in [4.78, 5) is 10.5. The minimum Gasteiger partial charge on any atom is -0.502 e. The number of hydrogen-bond donors (Lipinski definition) is 1. The third-order valence-electron chi connectivity index (χ3n) is 3.22. The highest BCUT2D eigenvalue weighted by molar-refractivity contribution is 9.10. The van der Waals surface area contributed by atoms with Crippen LogP contribution < -0.4 is 0 Å². The van der Waals surface area contributed by atoms with E-state index in [-0.39, 0.29) is 17.4 Å². The van der Waals surface area contributed by atoms with E-state index in [4.69, 9.17) is 0 Å². The summed E-state index contributed by atoms with van der Waals surface area (Å²) in [6.07, 6.45) is 0. The number of halogens is 1. The molecule has 0 aromatic heterocycles. The first-order valence-corrected chi connectivity index (χ1v) is 7.08. The first-order valence-electron chi connectivity index (χ1n) is 6.29. The Labute approximate surface area is 131 Å². The zero-order valence-corrected chi connectivity index (χ0v) is 13.0. The molecule has 1 N–H and O–H groups in total. The number of hydrogen-bond acceptors (Lipinski definition) is 3. The van der Waals surface area contributed by atoms with Crippen molar-refractivity contribution in [1.29, 1.82) is 0 Å². The third kappa shape index (κ3) is 3.13. The molecule has 1 unspecified atom stereocenters. The van der Waals surface area contributed by atoms with E-state index in [2.05, 4.69) is 22.5 Å². The fourth-order valence-corrected chi connectivity index (χ4v) is 2.80. The highest BCUT2D eigenvalue weighted by atomic mass is 79.9. The number of nitrogens with zero attached hydrogens (tertiary/aromatic N) is 1. The van der Waals surface area contributed by atoms with Gasteiger partial charge in [0.15, 0.2) is 5.75 Å². The van der Waals surface area contributed by atoms with Crippen LogP contribution in [0.4, 0.5) is 5.69 Å². The largest absolute Gasteiger partial charge is 0.502 e. The summed E-state index contributed by atoms with van der Waals surface area (Å²) in [5, 5.41) is 21.3. The second-order valence-electron chi connectivity index (χ2n) is 4.81. The van der Waals surface area contributed by atoms with Gasteiger partial charge >= 0.3 is 5.69 Å². The Morgan fingerprint density at radius 2 is 1.95 bits per heavy atom. The smallest absolute Gasteiger partial charge is 0.312 e. The third-order valence-corrected chi connectivity index (χ3v) is 3.68. The normalized spacial score (nSPS) is 11.9. The Balaban J connectivity index is 2.67. The fraction of sp³-hybridized carbons (Fsp3) is 0.125. The molecule has 0 amide bonds. The standard InChI is InChI=1S/C16H14BrNO3/c1-10(2)15(11-6-4-3-5-7-11)13-8-12(17)9-14(16(13)19)18(20)21/h3-9,15,19H,1H2,2H3. The van der Waals surface area contributed by atoms with Crippen LogP contribution in [-0.2, 0) is 0 Å². The van der Waals surface area contributed by atoms with Gasteiger partial charge in [0.2, 0.25) is 0 Å². The highest BCUT2D eigenvalue weighted by Gasteiger charge is 2.25. The van der Waals surface area contributed by atoms with E-state index in [0.717, 1.165) is 11.1 Å². The second-order valence-corrected chi connectivity index (χ2v) is 5.73. The molecule has 0 spiro atoms. The van der Waals surface area contributed by atoms with Crippen molar-refractivity contribution in [1.82, 2.24) is 0 Å². The number of benzene rings is 2. The van der Waals surface area contributed by atoms with Crippen LogP contribution in [0.3, 0.4) is 0 Å². The van der Waals surface area contributed by atoms with E-state index in [1.165, 1.54) is 6.07 Å². The molecule has 0 heterocycles. The summed E-state index contributed by atoms with van der Waals surface area (Å²) in [6, 6.07) is 12.5. The Hall–Kier alpha value is -2.14. The quantitative estimate of drug-likeness (QED) is 0.492. The molecule has 0 fully saturated rings. The molecule has 0 saturated heterocycles. The molecule has 5 heteroatoms. The van der Waals surface area contributed by atoms with Gasteiger partial charge in [0, 0.05) is 22.0 Å². The van der Waals surface area contributed by atoms with Crippen LogP contribution in [0.1, 0.15) is 24.0 Å². The van der Waals surface area contributed by atoms with Gasteiger partial charge in [0.1, 0.15) is 0 Å². The zero-order valence-electron chi connectivity index (χ0n) is 11.4. The lowest BCUT2D eigenvalue weighted by Crippen LogP contribution is -2.04. The van der Waals surface area contributed by atoms with Crippen molar-refractivity contribution in [2.24, 2.45) is 0 Å². The summed E-state index contributed by atoms with van der Waals surface area (Å²) in [7, 11) is 0. The van der Waals surface area contributed by atoms with Crippen LogP contribution in [0.15, 0.2) is 59.1 Å².